The number of morpholine rings is 1. The standard InChI is InChI=1S/C23H23N5O2S/c1-16-5-4-6-17(13-16)14-28-19-8-3-2-7-18(19)21-22(28)24-23(26-25-21)31-15-20(29)27-9-11-30-12-10-27/h2-8,13H,9-12,14-15H2,1H3. The topological polar surface area (TPSA) is 73.1 Å². The molecule has 0 unspecified atom stereocenters. The Morgan fingerprint density at radius 3 is 2.77 bits per heavy atom. The van der Waals surface area contributed by atoms with Gasteiger partial charge in [0.15, 0.2) is 5.65 Å². The van der Waals surface area contributed by atoms with Gasteiger partial charge in [-0.1, -0.05) is 59.8 Å². The van der Waals surface area contributed by atoms with E-state index in [0.29, 0.717) is 43.8 Å². The van der Waals surface area contributed by atoms with Crippen molar-refractivity contribution >= 4 is 39.7 Å². The zero-order valence-electron chi connectivity index (χ0n) is 17.3. The van der Waals surface area contributed by atoms with E-state index in [1.54, 1.807) is 0 Å². The van der Waals surface area contributed by atoms with Crippen molar-refractivity contribution in [3.05, 3.63) is 59.7 Å². The van der Waals surface area contributed by atoms with E-state index in [1.807, 2.05) is 17.0 Å². The lowest BCUT2D eigenvalue weighted by atomic mass is 10.1. The van der Waals surface area contributed by atoms with Crippen molar-refractivity contribution in [2.75, 3.05) is 32.1 Å². The molecule has 8 heteroatoms. The van der Waals surface area contributed by atoms with Crippen molar-refractivity contribution in [3.8, 4) is 0 Å². The molecule has 3 heterocycles. The van der Waals surface area contributed by atoms with Gasteiger partial charge in [-0.15, -0.1) is 10.2 Å². The molecular formula is C23H23N5O2S. The van der Waals surface area contributed by atoms with Gasteiger partial charge in [0.2, 0.25) is 11.1 Å². The SMILES string of the molecule is Cc1cccc(Cn2c3ccccc3c3nnc(SCC(=O)N4CCOCC4)nc32)c1. The van der Waals surface area contributed by atoms with Crippen LogP contribution in [-0.4, -0.2) is 62.6 Å². The Hall–Kier alpha value is -2.97. The van der Waals surface area contributed by atoms with Gasteiger partial charge in [0, 0.05) is 25.0 Å². The summed E-state index contributed by atoms with van der Waals surface area (Å²) < 4.78 is 7.50. The number of amides is 1. The first-order valence-electron chi connectivity index (χ1n) is 10.3. The first-order valence-corrected chi connectivity index (χ1v) is 11.3. The number of ether oxygens (including phenoxy) is 1. The molecule has 1 saturated heterocycles. The Bertz CT molecular complexity index is 1250. The molecule has 0 radical (unpaired) electrons. The molecule has 1 fully saturated rings. The summed E-state index contributed by atoms with van der Waals surface area (Å²) in [6.45, 7) is 5.27. The molecule has 1 aliphatic heterocycles. The lowest BCUT2D eigenvalue weighted by Crippen LogP contribution is -2.41. The third-order valence-corrected chi connectivity index (χ3v) is 6.29. The van der Waals surface area contributed by atoms with E-state index in [-0.39, 0.29) is 5.91 Å². The van der Waals surface area contributed by atoms with E-state index in [1.165, 1.54) is 22.9 Å². The van der Waals surface area contributed by atoms with E-state index in [0.717, 1.165) is 22.1 Å². The second-order valence-electron chi connectivity index (χ2n) is 7.64. The smallest absolute Gasteiger partial charge is 0.233 e. The van der Waals surface area contributed by atoms with Gasteiger partial charge in [-0.3, -0.25) is 4.79 Å². The quantitative estimate of drug-likeness (QED) is 0.450. The average molecular weight is 434 g/mol. The Labute approximate surface area is 184 Å². The van der Waals surface area contributed by atoms with Crippen LogP contribution in [0.1, 0.15) is 11.1 Å². The van der Waals surface area contributed by atoms with E-state index < -0.39 is 0 Å². The monoisotopic (exact) mass is 433 g/mol. The number of hydrogen-bond donors (Lipinski definition) is 0. The zero-order valence-corrected chi connectivity index (χ0v) is 18.1. The summed E-state index contributed by atoms with van der Waals surface area (Å²) in [6.07, 6.45) is 0. The number of fused-ring (bicyclic) bond motifs is 3. The Kier molecular flexibility index (Phi) is 5.57. The van der Waals surface area contributed by atoms with Gasteiger partial charge in [0.25, 0.3) is 0 Å². The van der Waals surface area contributed by atoms with Crippen LogP contribution in [0.4, 0.5) is 0 Å². The zero-order chi connectivity index (χ0) is 21.2. The molecular weight excluding hydrogens is 410 g/mol. The number of nitrogens with zero attached hydrogens (tertiary/aromatic N) is 5. The summed E-state index contributed by atoms with van der Waals surface area (Å²) in [5.41, 5.74) is 5.08. The van der Waals surface area contributed by atoms with Gasteiger partial charge in [-0.25, -0.2) is 4.98 Å². The Balaban J connectivity index is 1.46. The van der Waals surface area contributed by atoms with Crippen LogP contribution in [0.15, 0.2) is 53.7 Å². The fourth-order valence-electron chi connectivity index (χ4n) is 3.93. The number of thioether (sulfide) groups is 1. The largest absolute Gasteiger partial charge is 0.378 e. The van der Waals surface area contributed by atoms with Crippen LogP contribution in [0.2, 0.25) is 0 Å². The van der Waals surface area contributed by atoms with Crippen LogP contribution >= 0.6 is 11.8 Å². The molecule has 158 valence electrons. The van der Waals surface area contributed by atoms with E-state index in [2.05, 4.69) is 58.1 Å². The number of carbonyl (C=O) groups is 1. The van der Waals surface area contributed by atoms with Crippen molar-refractivity contribution in [1.82, 2.24) is 24.6 Å². The van der Waals surface area contributed by atoms with Crippen LogP contribution in [0.5, 0.6) is 0 Å². The normalized spacial score (nSPS) is 14.4. The van der Waals surface area contributed by atoms with Gasteiger partial charge < -0.3 is 14.2 Å². The van der Waals surface area contributed by atoms with Crippen molar-refractivity contribution in [3.63, 3.8) is 0 Å². The van der Waals surface area contributed by atoms with Crippen LogP contribution < -0.4 is 0 Å². The van der Waals surface area contributed by atoms with Crippen LogP contribution in [-0.2, 0) is 16.1 Å². The molecule has 5 rings (SSSR count). The van der Waals surface area contributed by atoms with Gasteiger partial charge in [-0.2, -0.15) is 0 Å². The maximum absolute atomic E-state index is 12.5. The number of aryl methyl sites for hydroxylation is 1. The van der Waals surface area contributed by atoms with Gasteiger partial charge in [0.1, 0.15) is 5.52 Å². The van der Waals surface area contributed by atoms with Gasteiger partial charge >= 0.3 is 0 Å². The molecule has 1 aliphatic rings. The molecule has 0 aliphatic carbocycles. The molecule has 2 aromatic heterocycles. The molecule has 0 saturated carbocycles. The number of hydrogen-bond acceptors (Lipinski definition) is 6. The molecule has 31 heavy (non-hydrogen) atoms. The highest BCUT2D eigenvalue weighted by Gasteiger charge is 2.19. The predicted molar refractivity (Wildman–Crippen MR) is 121 cm³/mol. The fourth-order valence-corrected chi connectivity index (χ4v) is 4.62. The minimum atomic E-state index is 0.0808. The van der Waals surface area contributed by atoms with E-state index in [9.17, 15) is 4.79 Å². The molecule has 7 nitrogen and oxygen atoms in total. The Morgan fingerprint density at radius 1 is 1.10 bits per heavy atom. The lowest BCUT2D eigenvalue weighted by Gasteiger charge is -2.26. The molecule has 1 amide bonds. The maximum atomic E-state index is 12.5. The minimum Gasteiger partial charge on any atom is -0.378 e. The number of carbonyl (C=O) groups excluding carboxylic acids is 1. The molecule has 2 aromatic carbocycles. The number of para-hydroxylation sites is 1. The van der Waals surface area contributed by atoms with Crippen molar-refractivity contribution in [2.24, 2.45) is 0 Å². The van der Waals surface area contributed by atoms with Crippen molar-refractivity contribution < 1.29 is 9.53 Å². The number of benzene rings is 2. The maximum Gasteiger partial charge on any atom is 0.233 e. The van der Waals surface area contributed by atoms with E-state index >= 15 is 0 Å². The molecule has 0 spiro atoms. The lowest BCUT2D eigenvalue weighted by molar-refractivity contribution is -0.132. The first kappa shape index (κ1) is 20.0. The summed E-state index contributed by atoms with van der Waals surface area (Å²) >= 11 is 1.33. The second kappa shape index (κ2) is 8.64. The highest BCUT2D eigenvalue weighted by atomic mass is 32.2. The van der Waals surface area contributed by atoms with Crippen molar-refractivity contribution in [2.45, 2.75) is 18.6 Å². The fraction of sp³-hybridized carbons (Fsp3) is 0.304. The third kappa shape index (κ3) is 4.13. The van der Waals surface area contributed by atoms with Gasteiger partial charge in [-0.05, 0) is 18.6 Å². The molecule has 0 N–H and O–H groups in total. The minimum absolute atomic E-state index is 0.0808. The van der Waals surface area contributed by atoms with Crippen molar-refractivity contribution in [1.29, 1.82) is 0 Å². The highest BCUT2D eigenvalue weighted by Crippen LogP contribution is 2.28. The highest BCUT2D eigenvalue weighted by molar-refractivity contribution is 7.99. The molecule has 4 aromatic rings. The van der Waals surface area contributed by atoms with Gasteiger partial charge in [0.05, 0.1) is 24.5 Å². The van der Waals surface area contributed by atoms with Crippen LogP contribution in [0, 0.1) is 6.92 Å². The first-order chi connectivity index (χ1) is 15.2. The average Bonchev–Trinajstić information content (AvgIpc) is 3.11. The third-order valence-electron chi connectivity index (χ3n) is 5.47. The summed E-state index contributed by atoms with van der Waals surface area (Å²) in [5.74, 6) is 0.378. The van der Waals surface area contributed by atoms with Crippen LogP contribution in [0.25, 0.3) is 22.1 Å². The summed E-state index contributed by atoms with van der Waals surface area (Å²) in [4.78, 5) is 19.1. The summed E-state index contributed by atoms with van der Waals surface area (Å²) in [5, 5.41) is 10.3. The summed E-state index contributed by atoms with van der Waals surface area (Å²) in [6, 6.07) is 16.6. The van der Waals surface area contributed by atoms with Crippen LogP contribution in [0.3, 0.4) is 0 Å². The summed E-state index contributed by atoms with van der Waals surface area (Å²) in [7, 11) is 0. The predicted octanol–water partition coefficient (Wildman–Crippen LogP) is 3.29. The number of rotatable bonds is 5. The molecule has 0 bridgehead atoms. The number of aromatic nitrogens is 4. The Morgan fingerprint density at radius 2 is 1.94 bits per heavy atom. The van der Waals surface area contributed by atoms with E-state index in [4.69, 9.17) is 9.72 Å². The molecule has 0 atom stereocenters. The second-order valence-corrected chi connectivity index (χ2v) is 8.58.